The monoisotopic (exact) mass is 376 g/mol. The summed E-state index contributed by atoms with van der Waals surface area (Å²) in [5, 5.41) is 3.03. The van der Waals surface area contributed by atoms with Crippen molar-refractivity contribution in [2.24, 2.45) is 11.8 Å². The lowest BCUT2D eigenvalue weighted by Gasteiger charge is -2.21. The van der Waals surface area contributed by atoms with E-state index in [4.69, 9.17) is 9.47 Å². The van der Waals surface area contributed by atoms with E-state index in [2.05, 4.69) is 12.2 Å². The molecule has 0 radical (unpaired) electrons. The minimum Gasteiger partial charge on any atom is -0.497 e. The molecule has 2 rings (SSSR count). The first-order valence-electron chi connectivity index (χ1n) is 9.71. The second-order valence-corrected chi connectivity index (χ2v) is 7.36. The number of rotatable bonds is 8. The van der Waals surface area contributed by atoms with Gasteiger partial charge < -0.3 is 19.7 Å². The van der Waals surface area contributed by atoms with Crippen molar-refractivity contribution in [3.05, 3.63) is 23.8 Å². The number of hydrogen-bond donors (Lipinski definition) is 1. The van der Waals surface area contributed by atoms with Crippen molar-refractivity contribution in [1.29, 1.82) is 0 Å². The first kappa shape index (κ1) is 21.1. The van der Waals surface area contributed by atoms with Crippen molar-refractivity contribution < 1.29 is 19.1 Å². The Morgan fingerprint density at radius 1 is 1.22 bits per heavy atom. The largest absolute Gasteiger partial charge is 0.497 e. The number of unbranched alkanes of at least 4 members (excludes halogenated alkanes) is 1. The summed E-state index contributed by atoms with van der Waals surface area (Å²) >= 11 is 0. The van der Waals surface area contributed by atoms with Gasteiger partial charge in [-0.25, -0.2) is 0 Å². The fourth-order valence-electron chi connectivity index (χ4n) is 3.57. The second-order valence-electron chi connectivity index (χ2n) is 7.36. The average Bonchev–Trinajstić information content (AvgIpc) is 3.11. The summed E-state index contributed by atoms with van der Waals surface area (Å²) in [5.41, 5.74) is 0.938. The van der Waals surface area contributed by atoms with Crippen LogP contribution in [0.5, 0.6) is 11.5 Å². The van der Waals surface area contributed by atoms with E-state index in [1.54, 1.807) is 14.2 Å². The summed E-state index contributed by atoms with van der Waals surface area (Å²) < 4.78 is 10.8. The van der Waals surface area contributed by atoms with Crippen molar-refractivity contribution in [2.45, 2.75) is 39.5 Å². The molecule has 1 aromatic carbocycles. The fourth-order valence-corrected chi connectivity index (χ4v) is 3.57. The van der Waals surface area contributed by atoms with Crippen molar-refractivity contribution in [3.8, 4) is 11.5 Å². The van der Waals surface area contributed by atoms with E-state index in [0.717, 1.165) is 18.4 Å². The van der Waals surface area contributed by atoms with Crippen molar-refractivity contribution in [2.75, 3.05) is 33.9 Å². The number of likely N-dealkylation sites (tertiary alicyclic amines) is 1. The Morgan fingerprint density at radius 3 is 2.56 bits per heavy atom. The van der Waals surface area contributed by atoms with Gasteiger partial charge in [-0.2, -0.15) is 0 Å². The van der Waals surface area contributed by atoms with Gasteiger partial charge in [0.15, 0.2) is 0 Å². The number of ether oxygens (including phenoxy) is 2. The van der Waals surface area contributed by atoms with Crippen LogP contribution in [0.4, 0.5) is 0 Å². The summed E-state index contributed by atoms with van der Waals surface area (Å²) in [6.45, 7) is 7.49. The van der Waals surface area contributed by atoms with E-state index in [0.29, 0.717) is 31.1 Å². The minimum atomic E-state index is -0.285. The number of nitrogens with zero attached hydrogens (tertiary/aromatic N) is 1. The van der Waals surface area contributed by atoms with E-state index in [9.17, 15) is 9.59 Å². The van der Waals surface area contributed by atoms with E-state index >= 15 is 0 Å². The highest BCUT2D eigenvalue weighted by atomic mass is 16.5. The van der Waals surface area contributed by atoms with Crippen LogP contribution in [-0.2, 0) is 9.59 Å². The molecule has 0 aromatic heterocycles. The van der Waals surface area contributed by atoms with Crippen LogP contribution in [0.1, 0.15) is 45.1 Å². The topological polar surface area (TPSA) is 67.9 Å². The average molecular weight is 376 g/mol. The molecule has 2 amide bonds. The predicted molar refractivity (Wildman–Crippen MR) is 105 cm³/mol. The molecule has 6 heteroatoms. The molecule has 0 spiro atoms. The maximum absolute atomic E-state index is 12.9. The van der Waals surface area contributed by atoms with Gasteiger partial charge in [0.05, 0.1) is 20.1 Å². The predicted octanol–water partition coefficient (Wildman–Crippen LogP) is 2.82. The Morgan fingerprint density at radius 2 is 1.96 bits per heavy atom. The van der Waals surface area contributed by atoms with Gasteiger partial charge in [0.25, 0.3) is 0 Å². The Kier molecular flexibility index (Phi) is 7.51. The van der Waals surface area contributed by atoms with Crippen LogP contribution in [-0.4, -0.2) is 50.6 Å². The van der Waals surface area contributed by atoms with Crippen LogP contribution in [0.15, 0.2) is 18.2 Å². The molecule has 150 valence electrons. The number of carbonyl (C=O) groups is 2. The summed E-state index contributed by atoms with van der Waals surface area (Å²) in [5.74, 6) is 0.992. The molecule has 6 nitrogen and oxygen atoms in total. The zero-order valence-electron chi connectivity index (χ0n) is 17.1. The van der Waals surface area contributed by atoms with Gasteiger partial charge in [0, 0.05) is 43.1 Å². The molecular weight excluding hydrogens is 344 g/mol. The molecule has 0 bridgehead atoms. The van der Waals surface area contributed by atoms with Crippen LogP contribution in [0.25, 0.3) is 0 Å². The highest BCUT2D eigenvalue weighted by Gasteiger charge is 2.41. The van der Waals surface area contributed by atoms with Gasteiger partial charge in [-0.15, -0.1) is 0 Å². The zero-order valence-corrected chi connectivity index (χ0v) is 17.1. The number of hydrogen-bond acceptors (Lipinski definition) is 4. The fraction of sp³-hybridized carbons (Fsp3) is 0.619. The van der Waals surface area contributed by atoms with Crippen LogP contribution in [0.2, 0.25) is 0 Å². The van der Waals surface area contributed by atoms with E-state index in [-0.39, 0.29) is 29.6 Å². The van der Waals surface area contributed by atoms with Crippen molar-refractivity contribution in [1.82, 2.24) is 10.2 Å². The molecule has 1 aliphatic rings. The Labute approximate surface area is 162 Å². The number of carbonyl (C=O) groups excluding carboxylic acids is 2. The van der Waals surface area contributed by atoms with Gasteiger partial charge in [-0.05, 0) is 12.5 Å². The van der Waals surface area contributed by atoms with Crippen LogP contribution in [0.3, 0.4) is 0 Å². The standard InChI is InChI=1S/C21H32N2O4/c1-6-7-10-22-20(24)18-13-23(21(25)14(2)3)12-17(18)16-9-8-15(26-4)11-19(16)27-5/h8-9,11,14,17-18H,6-7,10,12-13H2,1-5H3,(H,22,24). The summed E-state index contributed by atoms with van der Waals surface area (Å²) in [7, 11) is 3.22. The Balaban J connectivity index is 2.31. The lowest BCUT2D eigenvalue weighted by Crippen LogP contribution is -2.37. The first-order valence-corrected chi connectivity index (χ1v) is 9.71. The molecule has 1 N–H and O–H groups in total. The zero-order chi connectivity index (χ0) is 20.0. The minimum absolute atomic E-state index is 0.00498. The SMILES string of the molecule is CCCCNC(=O)C1CN(C(=O)C(C)C)CC1c1ccc(OC)cc1OC. The van der Waals surface area contributed by atoms with Crippen LogP contribution in [0, 0.1) is 11.8 Å². The van der Waals surface area contributed by atoms with Crippen molar-refractivity contribution in [3.63, 3.8) is 0 Å². The third-order valence-electron chi connectivity index (χ3n) is 5.13. The maximum atomic E-state index is 12.9. The molecule has 1 aliphatic heterocycles. The number of methoxy groups -OCH3 is 2. The normalized spacial score (nSPS) is 19.3. The number of amides is 2. The van der Waals surface area contributed by atoms with Gasteiger partial charge in [-0.1, -0.05) is 33.3 Å². The number of benzene rings is 1. The molecule has 1 fully saturated rings. The molecule has 27 heavy (non-hydrogen) atoms. The van der Waals surface area contributed by atoms with E-state index < -0.39 is 0 Å². The second kappa shape index (κ2) is 9.62. The lowest BCUT2D eigenvalue weighted by molar-refractivity contribution is -0.133. The molecule has 0 aliphatic carbocycles. The quantitative estimate of drug-likeness (QED) is 0.709. The number of nitrogens with one attached hydrogen (secondary N) is 1. The highest BCUT2D eigenvalue weighted by Crippen LogP contribution is 2.39. The summed E-state index contributed by atoms with van der Waals surface area (Å²) in [6.07, 6.45) is 1.97. The maximum Gasteiger partial charge on any atom is 0.225 e. The third-order valence-corrected chi connectivity index (χ3v) is 5.13. The van der Waals surface area contributed by atoms with E-state index in [1.165, 1.54) is 0 Å². The lowest BCUT2D eigenvalue weighted by atomic mass is 9.87. The summed E-state index contributed by atoms with van der Waals surface area (Å²) in [4.78, 5) is 27.2. The highest BCUT2D eigenvalue weighted by molar-refractivity contribution is 5.84. The third kappa shape index (κ3) is 4.93. The van der Waals surface area contributed by atoms with Crippen LogP contribution < -0.4 is 14.8 Å². The Hall–Kier alpha value is -2.24. The molecule has 1 saturated heterocycles. The van der Waals surface area contributed by atoms with Gasteiger partial charge >= 0.3 is 0 Å². The summed E-state index contributed by atoms with van der Waals surface area (Å²) in [6, 6.07) is 5.64. The Bertz CT molecular complexity index is 660. The van der Waals surface area contributed by atoms with E-state index in [1.807, 2.05) is 36.9 Å². The molecule has 1 heterocycles. The van der Waals surface area contributed by atoms with Gasteiger partial charge in [0.1, 0.15) is 11.5 Å². The molecule has 2 atom stereocenters. The van der Waals surface area contributed by atoms with Crippen molar-refractivity contribution >= 4 is 11.8 Å². The first-order chi connectivity index (χ1) is 12.9. The van der Waals surface area contributed by atoms with Gasteiger partial charge in [-0.3, -0.25) is 9.59 Å². The van der Waals surface area contributed by atoms with Gasteiger partial charge in [0.2, 0.25) is 11.8 Å². The molecule has 1 aromatic rings. The van der Waals surface area contributed by atoms with Crippen LogP contribution >= 0.6 is 0 Å². The molecule has 0 saturated carbocycles. The molecule has 2 unspecified atom stereocenters. The molecular formula is C21H32N2O4. The smallest absolute Gasteiger partial charge is 0.225 e.